The molecule has 0 heterocycles. The molecule has 0 unspecified atom stereocenters. The molecule has 2 N–H and O–H groups in total. The van der Waals surface area contributed by atoms with E-state index in [-0.39, 0.29) is 0 Å². The predicted molar refractivity (Wildman–Crippen MR) is 122 cm³/mol. The van der Waals surface area contributed by atoms with Crippen molar-refractivity contribution in [3.63, 3.8) is 0 Å². The zero-order chi connectivity index (χ0) is 22.3. The van der Waals surface area contributed by atoms with Crippen LogP contribution in [0.3, 0.4) is 0 Å². The largest absolute Gasteiger partial charge is 0.444 e. The van der Waals surface area contributed by atoms with Crippen molar-refractivity contribution in [2.75, 3.05) is 5.32 Å². The average molecular weight is 498 g/mol. The molecule has 0 aliphatic heterocycles. The normalized spacial score (nSPS) is 13.3. The van der Waals surface area contributed by atoms with Gasteiger partial charge in [0.15, 0.2) is 0 Å². The number of nitrogens with one attached hydrogen (secondary N) is 2. The molecule has 8 heteroatoms. The van der Waals surface area contributed by atoms with Gasteiger partial charge in [0.25, 0.3) is 0 Å². The van der Waals surface area contributed by atoms with Gasteiger partial charge in [-0.05, 0) is 67.4 Å². The van der Waals surface area contributed by atoms with Crippen molar-refractivity contribution in [2.45, 2.75) is 52.0 Å². The van der Waals surface area contributed by atoms with Crippen molar-refractivity contribution in [1.29, 1.82) is 0 Å². The molecule has 0 aliphatic rings. The third kappa shape index (κ3) is 7.97. The van der Waals surface area contributed by atoms with Gasteiger partial charge in [0.2, 0.25) is 5.91 Å². The lowest BCUT2D eigenvalue weighted by Gasteiger charge is -2.27. The van der Waals surface area contributed by atoms with E-state index in [4.69, 9.17) is 21.1 Å². The molecule has 0 saturated carbocycles. The number of carbonyl (C=O) groups excluding carboxylic acids is 2. The predicted octanol–water partition coefficient (Wildman–Crippen LogP) is 5.54. The van der Waals surface area contributed by atoms with Crippen LogP contribution in [-0.4, -0.2) is 29.7 Å². The Morgan fingerprint density at radius 1 is 1.13 bits per heavy atom. The minimum Gasteiger partial charge on any atom is -0.444 e. The maximum absolute atomic E-state index is 13.0. The summed E-state index contributed by atoms with van der Waals surface area (Å²) in [5, 5.41) is 5.92. The van der Waals surface area contributed by atoms with Gasteiger partial charge in [-0.3, -0.25) is 4.79 Å². The number of halogens is 2. The van der Waals surface area contributed by atoms with Crippen LogP contribution in [0.4, 0.5) is 10.5 Å². The van der Waals surface area contributed by atoms with Gasteiger partial charge in [-0.1, -0.05) is 41.9 Å². The van der Waals surface area contributed by atoms with Gasteiger partial charge < -0.3 is 20.1 Å². The minimum absolute atomic E-state index is 0.300. The summed E-state index contributed by atoms with van der Waals surface area (Å²) in [5.41, 5.74) is 0.797. The molecule has 162 valence electrons. The summed E-state index contributed by atoms with van der Waals surface area (Å²) in [5.74, 6) is -0.435. The van der Waals surface area contributed by atoms with Crippen LogP contribution >= 0.6 is 27.5 Å². The first-order valence-electron chi connectivity index (χ1n) is 9.46. The molecule has 0 aliphatic carbocycles. The fourth-order valence-electron chi connectivity index (χ4n) is 2.52. The molecular weight excluding hydrogens is 472 g/mol. The number of carbonyl (C=O) groups is 2. The highest BCUT2D eigenvalue weighted by Crippen LogP contribution is 2.25. The maximum Gasteiger partial charge on any atom is 0.408 e. The van der Waals surface area contributed by atoms with Crippen LogP contribution in [0.2, 0.25) is 5.02 Å². The molecule has 2 aromatic carbocycles. The zero-order valence-corrected chi connectivity index (χ0v) is 19.7. The fourth-order valence-corrected chi connectivity index (χ4v) is 3.02. The van der Waals surface area contributed by atoms with Gasteiger partial charge in [0.1, 0.15) is 11.6 Å². The van der Waals surface area contributed by atoms with Crippen molar-refractivity contribution in [3.05, 3.63) is 63.6 Å². The van der Waals surface area contributed by atoms with E-state index in [9.17, 15) is 9.59 Å². The number of hydrogen-bond donors (Lipinski definition) is 2. The molecule has 30 heavy (non-hydrogen) atoms. The second kappa shape index (κ2) is 10.8. The SMILES string of the molecule is C[C@@H](OCc1ccccc1)[C@H](NC(=O)OC(C)(C)C)C(=O)Nc1ccc(Cl)c(Br)c1. The first-order valence-corrected chi connectivity index (χ1v) is 10.6. The summed E-state index contributed by atoms with van der Waals surface area (Å²) >= 11 is 9.34. The second-order valence-electron chi connectivity index (χ2n) is 7.74. The van der Waals surface area contributed by atoms with Crippen LogP contribution in [0.1, 0.15) is 33.3 Å². The van der Waals surface area contributed by atoms with Crippen molar-refractivity contribution in [1.82, 2.24) is 5.32 Å². The van der Waals surface area contributed by atoms with E-state index in [2.05, 4.69) is 26.6 Å². The lowest BCUT2D eigenvalue weighted by molar-refractivity contribution is -0.122. The molecule has 0 spiro atoms. The molecule has 6 nitrogen and oxygen atoms in total. The topological polar surface area (TPSA) is 76.7 Å². The van der Waals surface area contributed by atoms with Crippen molar-refractivity contribution < 1.29 is 19.1 Å². The highest BCUT2D eigenvalue weighted by Gasteiger charge is 2.30. The molecule has 0 fully saturated rings. The van der Waals surface area contributed by atoms with E-state index in [1.165, 1.54) is 0 Å². The number of benzene rings is 2. The molecule has 2 rings (SSSR count). The van der Waals surface area contributed by atoms with Crippen LogP contribution in [0.5, 0.6) is 0 Å². The van der Waals surface area contributed by atoms with Gasteiger partial charge in [0.05, 0.1) is 17.7 Å². The minimum atomic E-state index is -0.974. The molecular formula is C22H26BrClN2O4. The Labute approximate surface area is 190 Å². The lowest BCUT2D eigenvalue weighted by Crippen LogP contribution is -2.52. The van der Waals surface area contributed by atoms with Crippen molar-refractivity contribution in [2.24, 2.45) is 0 Å². The summed E-state index contributed by atoms with van der Waals surface area (Å²) in [6, 6.07) is 13.6. The Hall–Kier alpha value is -2.09. The molecule has 2 atom stereocenters. The van der Waals surface area contributed by atoms with Crippen LogP contribution in [0, 0.1) is 0 Å². The molecule has 0 saturated heterocycles. The number of ether oxygens (including phenoxy) is 2. The highest BCUT2D eigenvalue weighted by molar-refractivity contribution is 9.10. The van der Waals surface area contributed by atoms with Gasteiger partial charge in [-0.2, -0.15) is 0 Å². The lowest BCUT2D eigenvalue weighted by atomic mass is 10.1. The molecule has 0 bridgehead atoms. The van der Waals surface area contributed by atoms with Crippen LogP contribution in [0.25, 0.3) is 0 Å². The number of anilines is 1. The van der Waals surface area contributed by atoms with E-state index in [0.29, 0.717) is 21.8 Å². The Morgan fingerprint density at radius 3 is 2.40 bits per heavy atom. The standard InChI is InChI=1S/C22H26BrClN2O4/c1-14(29-13-15-8-6-5-7-9-15)19(26-21(28)30-22(2,3)4)20(27)25-16-10-11-18(24)17(23)12-16/h5-12,14,19H,13H2,1-4H3,(H,25,27)(H,26,28)/t14-,19+/m1/s1. The highest BCUT2D eigenvalue weighted by atomic mass is 79.9. The van der Waals surface area contributed by atoms with Gasteiger partial charge in [-0.25, -0.2) is 4.79 Å². The summed E-state index contributed by atoms with van der Waals surface area (Å²) < 4.78 is 11.8. The Bertz CT molecular complexity index is 871. The summed E-state index contributed by atoms with van der Waals surface area (Å²) in [6.45, 7) is 7.28. The van der Waals surface area contributed by atoms with E-state index in [1.54, 1.807) is 45.9 Å². The van der Waals surface area contributed by atoms with E-state index in [0.717, 1.165) is 5.56 Å². The van der Waals surface area contributed by atoms with Gasteiger partial charge >= 0.3 is 6.09 Å². The quantitative estimate of drug-likeness (QED) is 0.526. The van der Waals surface area contributed by atoms with Gasteiger partial charge in [0, 0.05) is 10.2 Å². The summed E-state index contributed by atoms with van der Waals surface area (Å²) in [7, 11) is 0. The number of alkyl carbamates (subject to hydrolysis) is 1. The Morgan fingerprint density at radius 2 is 1.80 bits per heavy atom. The van der Waals surface area contributed by atoms with Crippen LogP contribution in [0.15, 0.2) is 53.0 Å². The van der Waals surface area contributed by atoms with Crippen molar-refractivity contribution in [3.8, 4) is 0 Å². The number of hydrogen-bond acceptors (Lipinski definition) is 4. The first kappa shape index (κ1) is 24.2. The van der Waals surface area contributed by atoms with E-state index < -0.39 is 29.7 Å². The maximum atomic E-state index is 13.0. The average Bonchev–Trinajstić information content (AvgIpc) is 2.66. The van der Waals surface area contributed by atoms with Crippen LogP contribution in [-0.2, 0) is 20.9 Å². The van der Waals surface area contributed by atoms with Crippen molar-refractivity contribution >= 4 is 45.2 Å². The monoisotopic (exact) mass is 496 g/mol. The Kier molecular flexibility index (Phi) is 8.70. The van der Waals surface area contributed by atoms with Gasteiger partial charge in [-0.15, -0.1) is 0 Å². The second-order valence-corrected chi connectivity index (χ2v) is 9.01. The number of amides is 2. The van der Waals surface area contributed by atoms with E-state index >= 15 is 0 Å². The zero-order valence-electron chi connectivity index (χ0n) is 17.4. The smallest absolute Gasteiger partial charge is 0.408 e. The molecule has 0 radical (unpaired) electrons. The van der Waals surface area contributed by atoms with Crippen LogP contribution < -0.4 is 10.6 Å². The fraction of sp³-hybridized carbons (Fsp3) is 0.364. The molecule has 2 amide bonds. The number of rotatable bonds is 7. The van der Waals surface area contributed by atoms with E-state index in [1.807, 2.05) is 30.3 Å². The Balaban J connectivity index is 2.12. The summed E-state index contributed by atoms with van der Waals surface area (Å²) in [4.78, 5) is 25.3. The third-order valence-electron chi connectivity index (χ3n) is 3.97. The first-order chi connectivity index (χ1) is 14.0. The molecule has 0 aromatic heterocycles. The molecule has 2 aromatic rings. The summed E-state index contributed by atoms with van der Waals surface area (Å²) in [6.07, 6.45) is -1.32. The third-order valence-corrected chi connectivity index (χ3v) is 5.18.